The van der Waals surface area contributed by atoms with Gasteiger partial charge in [0.25, 0.3) is 5.95 Å². The number of hydrogen-bond donors (Lipinski definition) is 0. The highest BCUT2D eigenvalue weighted by atomic mass is 16.2. The Bertz CT molecular complexity index is 1230. The number of anilines is 1. The van der Waals surface area contributed by atoms with Gasteiger partial charge in [-0.15, -0.1) is 4.68 Å². The summed E-state index contributed by atoms with van der Waals surface area (Å²) in [5.41, 5.74) is 4.69. The number of likely N-dealkylation sites (N-methyl/N-ethyl adjacent to an activating group) is 1. The molecule has 5 heterocycles. The molecule has 0 spiro atoms. The normalized spacial score (nSPS) is 13.3. The van der Waals surface area contributed by atoms with Crippen molar-refractivity contribution in [2.24, 2.45) is 0 Å². The van der Waals surface area contributed by atoms with Crippen LogP contribution in [0.25, 0.3) is 22.6 Å². The monoisotopic (exact) mass is 359 g/mol. The van der Waals surface area contributed by atoms with Crippen molar-refractivity contribution in [3.8, 4) is 17.1 Å². The van der Waals surface area contributed by atoms with Crippen molar-refractivity contribution in [2.45, 2.75) is 13.3 Å². The van der Waals surface area contributed by atoms with Crippen molar-refractivity contribution in [3.63, 3.8) is 0 Å². The number of aryl methyl sites for hydroxylation is 1. The van der Waals surface area contributed by atoms with Crippen LogP contribution in [0.3, 0.4) is 0 Å². The van der Waals surface area contributed by atoms with Crippen LogP contribution in [0.4, 0.5) is 5.82 Å². The molecule has 4 aromatic heterocycles. The van der Waals surface area contributed by atoms with Crippen LogP contribution >= 0.6 is 0 Å². The Labute approximate surface area is 154 Å². The molecule has 0 N–H and O–H groups in total. The molecule has 0 bridgehead atoms. The maximum absolute atomic E-state index is 13.0. The van der Waals surface area contributed by atoms with Crippen LogP contribution in [-0.4, -0.2) is 42.7 Å². The highest BCUT2D eigenvalue weighted by Gasteiger charge is 2.23. The second-order valence-electron chi connectivity index (χ2n) is 6.62. The van der Waals surface area contributed by atoms with Gasteiger partial charge in [0.2, 0.25) is 0 Å². The lowest BCUT2D eigenvalue weighted by Crippen LogP contribution is -2.29. The first-order valence-electron chi connectivity index (χ1n) is 8.72. The smallest absolute Gasteiger partial charge is 0.356 e. The third-order valence-corrected chi connectivity index (χ3v) is 5.08. The van der Waals surface area contributed by atoms with Gasteiger partial charge in [0.1, 0.15) is 5.82 Å². The maximum Gasteiger partial charge on any atom is 0.356 e. The predicted octanol–water partition coefficient (Wildman–Crippen LogP) is 1.64. The molecule has 5 rings (SSSR count). The van der Waals surface area contributed by atoms with Crippen LogP contribution in [0.15, 0.2) is 47.8 Å². The van der Waals surface area contributed by atoms with E-state index in [4.69, 9.17) is 0 Å². The maximum atomic E-state index is 13.0. The second kappa shape index (κ2) is 5.73. The lowest BCUT2D eigenvalue weighted by molar-refractivity contribution is 0.704. The average Bonchev–Trinajstić information content (AvgIpc) is 3.24. The number of fused-ring (bicyclic) bond motifs is 2. The number of aromatic nitrogens is 6. The van der Waals surface area contributed by atoms with Crippen molar-refractivity contribution in [3.05, 3.63) is 64.7 Å². The molecular formula is C19H17N7O. The molecule has 0 fully saturated rings. The minimum Gasteiger partial charge on any atom is -0.359 e. The van der Waals surface area contributed by atoms with Crippen molar-refractivity contribution in [1.29, 1.82) is 0 Å². The molecule has 0 atom stereocenters. The molecule has 27 heavy (non-hydrogen) atoms. The Morgan fingerprint density at radius 2 is 1.89 bits per heavy atom. The summed E-state index contributed by atoms with van der Waals surface area (Å²) in [5.74, 6) is 1.26. The summed E-state index contributed by atoms with van der Waals surface area (Å²) in [7, 11) is 2.05. The van der Waals surface area contributed by atoms with Gasteiger partial charge in [0, 0.05) is 49.0 Å². The van der Waals surface area contributed by atoms with E-state index in [2.05, 4.69) is 25.0 Å². The Balaban J connectivity index is 1.75. The number of pyridine rings is 1. The summed E-state index contributed by atoms with van der Waals surface area (Å²) in [6.07, 6.45) is 7.62. The van der Waals surface area contributed by atoms with Crippen LogP contribution in [0.1, 0.15) is 11.3 Å². The fraction of sp³-hybridized carbons (Fsp3) is 0.211. The quantitative estimate of drug-likeness (QED) is 0.541. The summed E-state index contributed by atoms with van der Waals surface area (Å²) in [5, 5.41) is 4.25. The predicted molar refractivity (Wildman–Crippen MR) is 101 cm³/mol. The molecule has 0 unspecified atom stereocenters. The largest absolute Gasteiger partial charge is 0.359 e. The van der Waals surface area contributed by atoms with E-state index in [1.54, 1.807) is 29.1 Å². The van der Waals surface area contributed by atoms with Crippen LogP contribution in [0.5, 0.6) is 0 Å². The van der Waals surface area contributed by atoms with E-state index in [1.165, 1.54) is 10.2 Å². The summed E-state index contributed by atoms with van der Waals surface area (Å²) < 4.78 is 2.87. The number of nitrogens with zero attached hydrogens (tertiary/aromatic N) is 7. The van der Waals surface area contributed by atoms with E-state index in [9.17, 15) is 4.79 Å². The molecule has 8 nitrogen and oxygen atoms in total. The van der Waals surface area contributed by atoms with Gasteiger partial charge in [-0.25, -0.2) is 19.7 Å². The lowest BCUT2D eigenvalue weighted by atomic mass is 10.0. The summed E-state index contributed by atoms with van der Waals surface area (Å²) in [6, 6.07) is 5.73. The van der Waals surface area contributed by atoms with Gasteiger partial charge in [-0.3, -0.25) is 4.40 Å². The third-order valence-electron chi connectivity index (χ3n) is 5.08. The molecule has 0 amide bonds. The molecule has 0 aromatic carbocycles. The summed E-state index contributed by atoms with van der Waals surface area (Å²) >= 11 is 0. The minimum absolute atomic E-state index is 0.255. The van der Waals surface area contributed by atoms with Gasteiger partial charge in [-0.05, 0) is 37.1 Å². The molecule has 0 aliphatic carbocycles. The number of hydrogen-bond acceptors (Lipinski definition) is 6. The molecule has 134 valence electrons. The SMILES string of the molecule is Cc1c(-c2ccnc3c2CCN3C)cc2cnn(-c3ncccn3)c(=O)n12. The van der Waals surface area contributed by atoms with E-state index in [0.29, 0.717) is 0 Å². The first-order chi connectivity index (χ1) is 13.1. The Hall–Kier alpha value is -3.55. The Kier molecular flexibility index (Phi) is 3.33. The zero-order valence-corrected chi connectivity index (χ0v) is 15.0. The Morgan fingerprint density at radius 3 is 2.70 bits per heavy atom. The average molecular weight is 359 g/mol. The van der Waals surface area contributed by atoms with Crippen molar-refractivity contribution >= 4 is 11.3 Å². The van der Waals surface area contributed by atoms with E-state index >= 15 is 0 Å². The fourth-order valence-corrected chi connectivity index (χ4v) is 3.75. The van der Waals surface area contributed by atoms with Gasteiger partial charge in [0.15, 0.2) is 0 Å². The molecule has 4 aromatic rings. The van der Waals surface area contributed by atoms with E-state index in [0.717, 1.165) is 41.1 Å². The van der Waals surface area contributed by atoms with Crippen LogP contribution in [-0.2, 0) is 6.42 Å². The van der Waals surface area contributed by atoms with Gasteiger partial charge < -0.3 is 4.90 Å². The van der Waals surface area contributed by atoms with E-state index < -0.39 is 0 Å². The van der Waals surface area contributed by atoms with E-state index in [1.807, 2.05) is 32.3 Å². The van der Waals surface area contributed by atoms with Crippen LogP contribution in [0, 0.1) is 6.92 Å². The van der Waals surface area contributed by atoms with Gasteiger partial charge in [-0.1, -0.05) is 0 Å². The van der Waals surface area contributed by atoms with Gasteiger partial charge in [0.05, 0.1) is 11.7 Å². The zero-order chi connectivity index (χ0) is 18.5. The summed E-state index contributed by atoms with van der Waals surface area (Å²) in [6.45, 7) is 2.90. The first kappa shape index (κ1) is 15.7. The molecule has 0 saturated carbocycles. The highest BCUT2D eigenvalue weighted by Crippen LogP contribution is 2.36. The zero-order valence-electron chi connectivity index (χ0n) is 15.0. The molecular weight excluding hydrogens is 342 g/mol. The minimum atomic E-state index is -0.287. The standard InChI is InChI=1S/C19H17N7O/c1-12-16(14-4-8-20-17-15(14)5-9-24(17)2)10-13-11-23-26(19(27)25(12)13)18-21-6-3-7-22-18/h3-4,6-8,10-11H,5,9H2,1-2H3. The molecule has 8 heteroatoms. The topological polar surface area (TPSA) is 81.2 Å². The summed E-state index contributed by atoms with van der Waals surface area (Å²) in [4.78, 5) is 28.0. The molecule has 0 saturated heterocycles. The lowest BCUT2D eigenvalue weighted by Gasteiger charge is -2.11. The number of rotatable bonds is 2. The molecule has 1 aliphatic rings. The Morgan fingerprint density at radius 1 is 1.07 bits per heavy atom. The van der Waals surface area contributed by atoms with Crippen molar-refractivity contribution in [1.82, 2.24) is 29.1 Å². The molecule has 1 aliphatic heterocycles. The fourth-order valence-electron chi connectivity index (χ4n) is 3.75. The third kappa shape index (κ3) is 2.26. The van der Waals surface area contributed by atoms with Gasteiger partial charge >= 0.3 is 5.69 Å². The molecule has 0 radical (unpaired) electrons. The second-order valence-corrected chi connectivity index (χ2v) is 6.62. The highest BCUT2D eigenvalue weighted by molar-refractivity contribution is 5.79. The van der Waals surface area contributed by atoms with Crippen molar-refractivity contribution < 1.29 is 0 Å². The first-order valence-corrected chi connectivity index (χ1v) is 8.72. The van der Waals surface area contributed by atoms with E-state index in [-0.39, 0.29) is 11.6 Å². The van der Waals surface area contributed by atoms with Crippen LogP contribution in [0.2, 0.25) is 0 Å². The van der Waals surface area contributed by atoms with Crippen LogP contribution < -0.4 is 10.6 Å². The van der Waals surface area contributed by atoms with Crippen molar-refractivity contribution in [2.75, 3.05) is 18.5 Å². The van der Waals surface area contributed by atoms with Gasteiger partial charge in [-0.2, -0.15) is 5.10 Å².